The first-order valence-corrected chi connectivity index (χ1v) is 9.15. The molecule has 1 heterocycles. The normalized spacial score (nSPS) is 14.9. The summed E-state index contributed by atoms with van der Waals surface area (Å²) in [5, 5.41) is 0.508. The third-order valence-electron chi connectivity index (χ3n) is 4.34. The minimum atomic E-state index is -0.500. The lowest BCUT2D eigenvalue weighted by molar-refractivity contribution is -0.129. The molecular formula is C21H21ClN2O3. The zero-order chi connectivity index (χ0) is 19.4. The van der Waals surface area contributed by atoms with Gasteiger partial charge in [-0.2, -0.15) is 0 Å². The largest absolute Gasteiger partial charge is 0.496 e. The third-order valence-corrected chi connectivity index (χ3v) is 4.57. The van der Waals surface area contributed by atoms with Crippen LogP contribution in [0.15, 0.2) is 53.2 Å². The van der Waals surface area contributed by atoms with Crippen molar-refractivity contribution >= 4 is 35.2 Å². The fourth-order valence-electron chi connectivity index (χ4n) is 2.90. The summed E-state index contributed by atoms with van der Waals surface area (Å²) in [7, 11) is 1.54. The van der Waals surface area contributed by atoms with Gasteiger partial charge in [-0.25, -0.2) is 9.79 Å². The van der Waals surface area contributed by atoms with Crippen molar-refractivity contribution in [3.05, 3.63) is 64.3 Å². The van der Waals surface area contributed by atoms with Crippen LogP contribution in [0.3, 0.4) is 0 Å². The number of methoxy groups -OCH3 is 1. The number of hydrogen-bond donors (Lipinski definition) is 0. The molecule has 0 N–H and O–H groups in total. The number of carbonyl (C=O) groups is 1. The standard InChI is InChI=1S/C21H21ClN2O3/c1-4-24(5-2)16-9-6-14(7-10-16)12-18-21(25)27-20(23-18)17-13-15(22)8-11-19(17)26-3/h6-13H,4-5H2,1-3H3/b18-12+. The maximum absolute atomic E-state index is 12.2. The molecular weight excluding hydrogens is 364 g/mol. The molecule has 6 heteroatoms. The van der Waals surface area contributed by atoms with E-state index in [1.165, 1.54) is 7.11 Å². The highest BCUT2D eigenvalue weighted by molar-refractivity contribution is 6.31. The van der Waals surface area contributed by atoms with Gasteiger partial charge in [-0.1, -0.05) is 23.7 Å². The maximum Gasteiger partial charge on any atom is 0.363 e. The number of anilines is 1. The van der Waals surface area contributed by atoms with Crippen LogP contribution >= 0.6 is 11.6 Å². The Hall–Kier alpha value is -2.79. The number of hydrogen-bond acceptors (Lipinski definition) is 5. The van der Waals surface area contributed by atoms with Crippen LogP contribution in [0, 0.1) is 0 Å². The van der Waals surface area contributed by atoms with Gasteiger partial charge in [-0.05, 0) is 55.8 Å². The summed E-state index contributed by atoms with van der Waals surface area (Å²) in [5.41, 5.74) is 2.80. The van der Waals surface area contributed by atoms with Crippen molar-refractivity contribution in [1.82, 2.24) is 0 Å². The molecule has 0 bridgehead atoms. The van der Waals surface area contributed by atoms with E-state index in [4.69, 9.17) is 21.1 Å². The number of aliphatic imine (C=N–C) groups is 1. The van der Waals surface area contributed by atoms with E-state index in [1.807, 2.05) is 24.3 Å². The van der Waals surface area contributed by atoms with Crippen molar-refractivity contribution in [2.24, 2.45) is 4.99 Å². The SMILES string of the molecule is CCN(CC)c1ccc(/C=C2/N=C(c3cc(Cl)ccc3OC)OC2=O)cc1. The first-order valence-electron chi connectivity index (χ1n) is 8.77. The summed E-state index contributed by atoms with van der Waals surface area (Å²) < 4.78 is 10.6. The van der Waals surface area contributed by atoms with Crippen LogP contribution in [-0.2, 0) is 9.53 Å². The zero-order valence-corrected chi connectivity index (χ0v) is 16.3. The molecule has 140 valence electrons. The van der Waals surface area contributed by atoms with Crippen LogP contribution in [0.4, 0.5) is 5.69 Å². The van der Waals surface area contributed by atoms with Crippen LogP contribution in [0.1, 0.15) is 25.0 Å². The number of halogens is 1. The molecule has 0 unspecified atom stereocenters. The Kier molecular flexibility index (Phi) is 5.81. The molecule has 3 rings (SSSR count). The minimum absolute atomic E-state index is 0.186. The van der Waals surface area contributed by atoms with Gasteiger partial charge >= 0.3 is 5.97 Å². The summed E-state index contributed by atoms with van der Waals surface area (Å²) in [4.78, 5) is 18.8. The first kappa shape index (κ1) is 19.0. The molecule has 27 heavy (non-hydrogen) atoms. The lowest BCUT2D eigenvalue weighted by Crippen LogP contribution is -2.21. The summed E-state index contributed by atoms with van der Waals surface area (Å²) in [6.07, 6.45) is 1.71. The molecule has 2 aromatic rings. The van der Waals surface area contributed by atoms with Crippen molar-refractivity contribution in [3.8, 4) is 5.75 Å². The van der Waals surface area contributed by atoms with Crippen molar-refractivity contribution in [2.75, 3.05) is 25.1 Å². The van der Waals surface area contributed by atoms with Gasteiger partial charge in [0.1, 0.15) is 5.75 Å². The second-order valence-electron chi connectivity index (χ2n) is 5.94. The third kappa shape index (κ3) is 4.14. The topological polar surface area (TPSA) is 51.1 Å². The highest BCUT2D eigenvalue weighted by atomic mass is 35.5. The lowest BCUT2D eigenvalue weighted by Gasteiger charge is -2.20. The molecule has 0 saturated carbocycles. The number of benzene rings is 2. The average molecular weight is 385 g/mol. The fourth-order valence-corrected chi connectivity index (χ4v) is 3.07. The summed E-state index contributed by atoms with van der Waals surface area (Å²) in [5.74, 6) is 0.223. The van der Waals surface area contributed by atoms with E-state index >= 15 is 0 Å². The Morgan fingerprint density at radius 1 is 1.15 bits per heavy atom. The smallest absolute Gasteiger partial charge is 0.363 e. The van der Waals surface area contributed by atoms with E-state index in [2.05, 4.69) is 23.7 Å². The van der Waals surface area contributed by atoms with Crippen LogP contribution in [0.2, 0.25) is 5.02 Å². The second-order valence-corrected chi connectivity index (χ2v) is 6.38. The number of rotatable bonds is 6. The summed E-state index contributed by atoms with van der Waals surface area (Å²) in [6.45, 7) is 6.12. The molecule has 0 saturated heterocycles. The van der Waals surface area contributed by atoms with E-state index < -0.39 is 5.97 Å². The lowest BCUT2D eigenvalue weighted by atomic mass is 10.1. The van der Waals surface area contributed by atoms with Crippen LogP contribution < -0.4 is 9.64 Å². The van der Waals surface area contributed by atoms with Crippen LogP contribution in [-0.4, -0.2) is 32.1 Å². The van der Waals surface area contributed by atoms with Gasteiger partial charge in [0.05, 0.1) is 12.7 Å². The van der Waals surface area contributed by atoms with Crippen LogP contribution in [0.5, 0.6) is 5.75 Å². The predicted molar refractivity (Wildman–Crippen MR) is 109 cm³/mol. The van der Waals surface area contributed by atoms with Gasteiger partial charge < -0.3 is 14.4 Å². The number of esters is 1. The number of ether oxygens (including phenoxy) is 2. The van der Waals surface area contributed by atoms with Gasteiger partial charge in [-0.15, -0.1) is 0 Å². The van der Waals surface area contributed by atoms with Gasteiger partial charge in [0.25, 0.3) is 0 Å². The first-order chi connectivity index (χ1) is 13.0. The van der Waals surface area contributed by atoms with Crippen molar-refractivity contribution < 1.29 is 14.3 Å². The Balaban J connectivity index is 1.89. The predicted octanol–water partition coefficient (Wildman–Crippen LogP) is 4.54. The van der Waals surface area contributed by atoms with Gasteiger partial charge in [0.15, 0.2) is 5.70 Å². The van der Waals surface area contributed by atoms with E-state index in [0.717, 1.165) is 24.3 Å². The van der Waals surface area contributed by atoms with E-state index in [0.29, 0.717) is 16.3 Å². The van der Waals surface area contributed by atoms with Crippen molar-refractivity contribution in [2.45, 2.75) is 13.8 Å². The Morgan fingerprint density at radius 3 is 2.48 bits per heavy atom. The highest BCUT2D eigenvalue weighted by Crippen LogP contribution is 2.28. The minimum Gasteiger partial charge on any atom is -0.496 e. The summed E-state index contributed by atoms with van der Waals surface area (Å²) in [6, 6.07) is 13.1. The van der Waals surface area contributed by atoms with E-state index in [9.17, 15) is 4.79 Å². The molecule has 0 radical (unpaired) electrons. The number of cyclic esters (lactones) is 1. The van der Waals surface area contributed by atoms with Crippen molar-refractivity contribution in [3.63, 3.8) is 0 Å². The average Bonchev–Trinajstić information content (AvgIpc) is 3.04. The zero-order valence-electron chi connectivity index (χ0n) is 15.5. The molecule has 2 aromatic carbocycles. The molecule has 0 atom stereocenters. The van der Waals surface area contributed by atoms with Gasteiger partial charge in [-0.3, -0.25) is 0 Å². The quantitative estimate of drug-likeness (QED) is 0.542. The monoisotopic (exact) mass is 384 g/mol. The maximum atomic E-state index is 12.2. The molecule has 0 amide bonds. The molecule has 0 spiro atoms. The fraction of sp³-hybridized carbons (Fsp3) is 0.238. The second kappa shape index (κ2) is 8.27. The van der Waals surface area contributed by atoms with Gasteiger partial charge in [0, 0.05) is 23.8 Å². The van der Waals surface area contributed by atoms with Crippen LogP contribution in [0.25, 0.3) is 6.08 Å². The molecule has 0 aliphatic carbocycles. The summed E-state index contributed by atoms with van der Waals surface area (Å²) >= 11 is 6.05. The van der Waals surface area contributed by atoms with E-state index in [1.54, 1.807) is 24.3 Å². The molecule has 0 fully saturated rings. The Bertz CT molecular complexity index is 900. The molecule has 0 aromatic heterocycles. The number of carbonyl (C=O) groups excluding carboxylic acids is 1. The van der Waals surface area contributed by atoms with Crippen molar-refractivity contribution in [1.29, 1.82) is 0 Å². The van der Waals surface area contributed by atoms with Gasteiger partial charge in [0.2, 0.25) is 5.90 Å². The molecule has 1 aliphatic rings. The van der Waals surface area contributed by atoms with E-state index in [-0.39, 0.29) is 11.6 Å². The Labute approximate surface area is 163 Å². The Morgan fingerprint density at radius 2 is 1.85 bits per heavy atom. The molecule has 5 nitrogen and oxygen atoms in total. The highest BCUT2D eigenvalue weighted by Gasteiger charge is 2.26. The molecule has 1 aliphatic heterocycles. The number of nitrogens with zero attached hydrogens (tertiary/aromatic N) is 2.